The topological polar surface area (TPSA) is 20.3 Å². The van der Waals surface area contributed by atoms with Crippen molar-refractivity contribution in [2.75, 3.05) is 13.1 Å². The molecule has 0 spiro atoms. The summed E-state index contributed by atoms with van der Waals surface area (Å²) in [5.41, 5.74) is 0. The molecule has 2 nitrogen and oxygen atoms in total. The highest BCUT2D eigenvalue weighted by atomic mass is 16.2. The summed E-state index contributed by atoms with van der Waals surface area (Å²) in [5.74, 6) is 0.104. The Morgan fingerprint density at radius 1 is 1.40 bits per heavy atom. The van der Waals surface area contributed by atoms with Crippen LogP contribution in [-0.4, -0.2) is 23.9 Å². The predicted octanol–water partition coefficient (Wildman–Crippen LogP) is 1.43. The van der Waals surface area contributed by atoms with Crippen molar-refractivity contribution in [1.82, 2.24) is 4.90 Å². The maximum atomic E-state index is 11.0. The van der Waals surface area contributed by atoms with Gasteiger partial charge >= 0.3 is 0 Å². The number of likely N-dealkylation sites (N-methyl/N-ethyl adjacent to an activating group) is 1. The molecule has 10 heavy (non-hydrogen) atoms. The van der Waals surface area contributed by atoms with E-state index >= 15 is 0 Å². The molecule has 0 saturated carbocycles. The Labute approximate surface area is 62.5 Å². The quantitative estimate of drug-likeness (QED) is 0.544. The third-order valence-corrected chi connectivity index (χ3v) is 1.38. The van der Waals surface area contributed by atoms with Crippen LogP contribution in [0.3, 0.4) is 0 Å². The summed E-state index contributed by atoms with van der Waals surface area (Å²) in [6.45, 7) is 7.39. The highest BCUT2D eigenvalue weighted by Gasteiger charge is 2.02. The van der Waals surface area contributed by atoms with Gasteiger partial charge < -0.3 is 4.90 Å². The second-order valence-electron chi connectivity index (χ2n) is 2.01. The first-order valence-electron chi connectivity index (χ1n) is 3.67. The Hall–Kier alpha value is -0.790. The molecule has 0 aliphatic carbocycles. The van der Waals surface area contributed by atoms with Crippen LogP contribution in [-0.2, 0) is 4.79 Å². The molecule has 0 heterocycles. The summed E-state index contributed by atoms with van der Waals surface area (Å²) >= 11 is 0. The van der Waals surface area contributed by atoms with Crippen LogP contribution in [0.2, 0.25) is 0 Å². The molecular weight excluding hydrogens is 126 g/mol. The molecule has 0 radical (unpaired) electrons. The van der Waals surface area contributed by atoms with Gasteiger partial charge in [0, 0.05) is 13.1 Å². The van der Waals surface area contributed by atoms with Gasteiger partial charge in [0.25, 0.3) is 0 Å². The van der Waals surface area contributed by atoms with Crippen LogP contribution < -0.4 is 0 Å². The maximum Gasteiger partial charge on any atom is 0.246 e. The van der Waals surface area contributed by atoms with Crippen molar-refractivity contribution >= 4 is 5.91 Å². The van der Waals surface area contributed by atoms with E-state index in [1.807, 2.05) is 20.8 Å². The average molecular weight is 141 g/mol. The van der Waals surface area contributed by atoms with E-state index in [1.165, 1.54) is 0 Å². The first-order chi connectivity index (χ1) is 4.76. The zero-order chi connectivity index (χ0) is 7.98. The lowest BCUT2D eigenvalue weighted by Gasteiger charge is -2.15. The van der Waals surface area contributed by atoms with Crippen LogP contribution in [0.5, 0.6) is 0 Å². The van der Waals surface area contributed by atoms with Gasteiger partial charge in [-0.05, 0) is 26.8 Å². The third kappa shape index (κ3) is 2.67. The second kappa shape index (κ2) is 5.03. The van der Waals surface area contributed by atoms with Crippen molar-refractivity contribution < 1.29 is 4.79 Å². The normalized spacial score (nSPS) is 10.3. The number of carbonyl (C=O) groups is 1. The second-order valence-corrected chi connectivity index (χ2v) is 2.01. The number of rotatable bonds is 3. The highest BCUT2D eigenvalue weighted by Crippen LogP contribution is 1.89. The van der Waals surface area contributed by atoms with E-state index in [-0.39, 0.29) is 5.91 Å². The number of hydrogen-bond donors (Lipinski definition) is 0. The molecule has 0 fully saturated rings. The number of carbonyl (C=O) groups excluding carboxylic acids is 1. The number of allylic oxidation sites excluding steroid dienone is 1. The Morgan fingerprint density at radius 3 is 2.20 bits per heavy atom. The van der Waals surface area contributed by atoms with Gasteiger partial charge in [-0.25, -0.2) is 0 Å². The Bertz CT molecular complexity index is 125. The fraction of sp³-hybridized carbons (Fsp3) is 0.625. The minimum Gasteiger partial charge on any atom is -0.340 e. The SMILES string of the molecule is CC=CC(=O)N(CC)CC. The van der Waals surface area contributed by atoms with Crippen LogP contribution in [0.15, 0.2) is 12.2 Å². The van der Waals surface area contributed by atoms with Crippen LogP contribution in [0.1, 0.15) is 20.8 Å². The lowest BCUT2D eigenvalue weighted by atomic mass is 10.4. The average Bonchev–Trinajstić information content (AvgIpc) is 1.91. The highest BCUT2D eigenvalue weighted by molar-refractivity contribution is 5.87. The van der Waals surface area contributed by atoms with Gasteiger partial charge in [0.1, 0.15) is 0 Å². The van der Waals surface area contributed by atoms with E-state index in [1.54, 1.807) is 17.1 Å². The summed E-state index contributed by atoms with van der Waals surface area (Å²) in [4.78, 5) is 12.8. The molecule has 0 aliphatic heterocycles. The number of amides is 1. The first kappa shape index (κ1) is 9.21. The monoisotopic (exact) mass is 141 g/mol. The molecule has 0 aliphatic rings. The van der Waals surface area contributed by atoms with E-state index in [4.69, 9.17) is 0 Å². The van der Waals surface area contributed by atoms with Gasteiger partial charge in [-0.2, -0.15) is 0 Å². The van der Waals surface area contributed by atoms with Gasteiger partial charge in [0.15, 0.2) is 0 Å². The third-order valence-electron chi connectivity index (χ3n) is 1.38. The van der Waals surface area contributed by atoms with E-state index in [0.717, 1.165) is 13.1 Å². The van der Waals surface area contributed by atoms with Crippen molar-refractivity contribution in [1.29, 1.82) is 0 Å². The smallest absolute Gasteiger partial charge is 0.246 e. The summed E-state index contributed by atoms with van der Waals surface area (Å²) in [5, 5.41) is 0. The Morgan fingerprint density at radius 2 is 1.90 bits per heavy atom. The van der Waals surface area contributed by atoms with E-state index < -0.39 is 0 Å². The molecule has 0 saturated heterocycles. The Balaban J connectivity index is 3.89. The van der Waals surface area contributed by atoms with Crippen LogP contribution in [0.25, 0.3) is 0 Å². The van der Waals surface area contributed by atoms with Gasteiger partial charge in [-0.15, -0.1) is 0 Å². The van der Waals surface area contributed by atoms with E-state index in [0.29, 0.717) is 0 Å². The van der Waals surface area contributed by atoms with Crippen LogP contribution in [0.4, 0.5) is 0 Å². The summed E-state index contributed by atoms with van der Waals surface area (Å²) in [6.07, 6.45) is 3.35. The summed E-state index contributed by atoms with van der Waals surface area (Å²) in [7, 11) is 0. The summed E-state index contributed by atoms with van der Waals surface area (Å²) in [6, 6.07) is 0. The fourth-order valence-corrected chi connectivity index (χ4v) is 0.783. The van der Waals surface area contributed by atoms with E-state index in [9.17, 15) is 4.79 Å². The van der Waals surface area contributed by atoms with Crippen LogP contribution >= 0.6 is 0 Å². The number of nitrogens with zero attached hydrogens (tertiary/aromatic N) is 1. The minimum atomic E-state index is 0.104. The molecule has 2 heteroatoms. The molecule has 0 aromatic heterocycles. The minimum absolute atomic E-state index is 0.104. The molecule has 0 N–H and O–H groups in total. The van der Waals surface area contributed by atoms with Crippen molar-refractivity contribution in [3.8, 4) is 0 Å². The molecule has 0 aromatic rings. The fourth-order valence-electron chi connectivity index (χ4n) is 0.783. The summed E-state index contributed by atoms with van der Waals surface area (Å²) < 4.78 is 0. The first-order valence-corrected chi connectivity index (χ1v) is 3.67. The zero-order valence-corrected chi connectivity index (χ0v) is 6.92. The molecule has 0 bridgehead atoms. The molecule has 0 atom stereocenters. The van der Waals surface area contributed by atoms with Gasteiger partial charge in [-0.3, -0.25) is 4.79 Å². The molecule has 0 rings (SSSR count). The molecule has 1 amide bonds. The predicted molar refractivity (Wildman–Crippen MR) is 42.7 cm³/mol. The maximum absolute atomic E-state index is 11.0. The van der Waals surface area contributed by atoms with Gasteiger partial charge in [0.05, 0.1) is 0 Å². The molecule has 58 valence electrons. The van der Waals surface area contributed by atoms with Gasteiger partial charge in [0.2, 0.25) is 5.91 Å². The van der Waals surface area contributed by atoms with E-state index in [2.05, 4.69) is 0 Å². The largest absolute Gasteiger partial charge is 0.340 e. The molecule has 0 unspecified atom stereocenters. The molecular formula is C8H15NO. The van der Waals surface area contributed by atoms with Crippen LogP contribution in [0, 0.1) is 0 Å². The molecule has 0 aromatic carbocycles. The lowest BCUT2D eigenvalue weighted by molar-refractivity contribution is -0.125. The lowest BCUT2D eigenvalue weighted by Crippen LogP contribution is -2.28. The van der Waals surface area contributed by atoms with Gasteiger partial charge in [-0.1, -0.05) is 6.08 Å². The van der Waals surface area contributed by atoms with Crippen molar-refractivity contribution in [3.63, 3.8) is 0 Å². The van der Waals surface area contributed by atoms with Crippen molar-refractivity contribution in [2.24, 2.45) is 0 Å². The standard InChI is InChI=1S/C8H15NO/c1-4-7-8(10)9(5-2)6-3/h4,7H,5-6H2,1-3H3. The Kier molecular flexibility index (Phi) is 4.63. The number of hydrogen-bond acceptors (Lipinski definition) is 1. The van der Waals surface area contributed by atoms with Crippen molar-refractivity contribution in [3.05, 3.63) is 12.2 Å². The van der Waals surface area contributed by atoms with Crippen molar-refractivity contribution in [2.45, 2.75) is 20.8 Å². The zero-order valence-electron chi connectivity index (χ0n) is 6.92.